The van der Waals surface area contributed by atoms with E-state index in [0.717, 1.165) is 38.1 Å². The van der Waals surface area contributed by atoms with Crippen LogP contribution >= 0.6 is 21.6 Å². The summed E-state index contributed by atoms with van der Waals surface area (Å²) >= 11 is 0. The summed E-state index contributed by atoms with van der Waals surface area (Å²) in [6, 6.07) is 5.80. The van der Waals surface area contributed by atoms with Gasteiger partial charge in [0.05, 0.1) is 44.7 Å². The van der Waals surface area contributed by atoms with E-state index in [1.807, 2.05) is 62.4 Å². The van der Waals surface area contributed by atoms with Gasteiger partial charge in [-0.3, -0.25) is 34.3 Å². The molecule has 2 saturated heterocycles. The normalized spacial score (nSPS) is 31.2. The molecular formula is C69H94N12O22S2. The van der Waals surface area contributed by atoms with Crippen LogP contribution in [0.5, 0.6) is 5.75 Å². The average molecular weight is 1510 g/mol. The first-order valence-corrected chi connectivity index (χ1v) is 37.6. The van der Waals surface area contributed by atoms with Gasteiger partial charge in [0.25, 0.3) is 5.91 Å². The van der Waals surface area contributed by atoms with E-state index in [4.69, 9.17) is 23.7 Å². The highest BCUT2D eigenvalue weighted by atomic mass is 33.1. The highest BCUT2D eigenvalue weighted by molar-refractivity contribution is 8.76. The number of aromatic nitrogens is 4. The van der Waals surface area contributed by atoms with Gasteiger partial charge in [-0.25, -0.2) is 24.5 Å². The van der Waals surface area contributed by atoms with Gasteiger partial charge in [-0.05, 0) is 113 Å². The van der Waals surface area contributed by atoms with Crippen LogP contribution in [0.1, 0.15) is 93.3 Å². The summed E-state index contributed by atoms with van der Waals surface area (Å²) in [5.74, 6) is -8.24. The van der Waals surface area contributed by atoms with Gasteiger partial charge in [0.1, 0.15) is 60.3 Å². The lowest BCUT2D eigenvalue weighted by Gasteiger charge is -2.63. The number of esters is 1. The second kappa shape index (κ2) is 32.0. The zero-order chi connectivity index (χ0) is 75.7. The van der Waals surface area contributed by atoms with Crippen LogP contribution in [-0.4, -0.2) is 276 Å². The van der Waals surface area contributed by atoms with Crippen molar-refractivity contribution in [1.82, 2.24) is 57.0 Å². The van der Waals surface area contributed by atoms with Gasteiger partial charge in [0.2, 0.25) is 11.8 Å². The van der Waals surface area contributed by atoms with Crippen LogP contribution in [0.4, 0.5) is 10.5 Å². The number of para-hydroxylation sites is 1. The second-order valence-corrected chi connectivity index (χ2v) is 30.9. The molecule has 18 atom stereocenters. The Labute approximate surface area is 611 Å². The zero-order valence-electron chi connectivity index (χ0n) is 59.0. The van der Waals surface area contributed by atoms with Crippen molar-refractivity contribution in [3.05, 3.63) is 82.8 Å². The number of H-pyrrole nitrogens is 1. The number of nitrogens with one attached hydrogen (secondary N) is 7. The van der Waals surface area contributed by atoms with Crippen molar-refractivity contribution in [3.63, 3.8) is 0 Å². The zero-order valence-corrected chi connectivity index (χ0v) is 60.7. The predicted molar refractivity (Wildman–Crippen MR) is 376 cm³/mol. The molecule has 2 aromatic carbocycles. The Morgan fingerprint density at radius 1 is 0.876 bits per heavy atom. The molecule has 4 unspecified atom stereocenters. The number of aliphatic hydroxyl groups excluding tert-OH is 4. The fraction of sp³-hybridized carbons (Fsp3) is 0.623. The fourth-order valence-corrected chi connectivity index (χ4v) is 19.8. The number of rotatable bonds is 28. The summed E-state index contributed by atoms with van der Waals surface area (Å²) in [5.41, 5.74) is 0.871. The SMILES string of the molecule is CC[C@@]1(O)CC2C[C@H](CNCCc3c([nH]c4ccccc34)[C@@]2(C(=O)OC)c2cc3c(cc2OC)N(C)[C@H]2[C@@](O)(C(=O)NNC(=O)OCCSSC[C@@H](NC(=O)[C@H](Cc4cn(CCO[C@@H]5OC(C(=O)O)C(O)[C@H](O)C5O)nn4)NC(=O)CC[C@H](NC)C(=O)O)C(=O)O)[C@H](O)[C@]4(CC)C=CCN5CC[C@]32[C@@H]54)C1. The van der Waals surface area contributed by atoms with Crippen LogP contribution in [0, 0.1) is 17.3 Å². The van der Waals surface area contributed by atoms with E-state index in [2.05, 4.69) is 52.3 Å². The van der Waals surface area contributed by atoms with Gasteiger partial charge >= 0.3 is 30.0 Å². The lowest BCUT2D eigenvalue weighted by atomic mass is 9.47. The number of nitrogens with zero attached hydrogens (tertiary/aromatic N) is 5. The molecule has 16 N–H and O–H groups in total. The van der Waals surface area contributed by atoms with Crippen molar-refractivity contribution in [3.8, 4) is 5.75 Å². The summed E-state index contributed by atoms with van der Waals surface area (Å²) in [6.45, 7) is 5.31. The van der Waals surface area contributed by atoms with Crippen molar-refractivity contribution in [2.45, 2.75) is 174 Å². The van der Waals surface area contributed by atoms with Gasteiger partial charge in [-0.1, -0.05) is 71.0 Å². The maximum absolute atomic E-state index is 15.9. The minimum atomic E-state index is -2.70. The van der Waals surface area contributed by atoms with E-state index in [1.165, 1.54) is 32.1 Å². The molecule has 574 valence electrons. The third-order valence-corrected chi connectivity index (χ3v) is 25.0. The van der Waals surface area contributed by atoms with Crippen molar-refractivity contribution in [2.75, 3.05) is 84.1 Å². The summed E-state index contributed by atoms with van der Waals surface area (Å²) in [6.07, 6.45) is -5.00. The molecule has 105 heavy (non-hydrogen) atoms. The Hall–Kier alpha value is -7.72. The number of aromatic amines is 1. The molecule has 7 aliphatic rings. The van der Waals surface area contributed by atoms with Crippen molar-refractivity contribution in [1.29, 1.82) is 0 Å². The van der Waals surface area contributed by atoms with E-state index >= 15 is 9.59 Å². The van der Waals surface area contributed by atoms with Gasteiger partial charge in [-0.15, -0.1) is 5.10 Å². The number of hydrogen-bond acceptors (Lipinski definition) is 27. The topological polar surface area (TPSA) is 490 Å². The van der Waals surface area contributed by atoms with Crippen LogP contribution in [0.15, 0.2) is 54.7 Å². The number of ether oxygens (including phenoxy) is 5. The highest BCUT2D eigenvalue weighted by Crippen LogP contribution is 2.68. The molecule has 0 radical (unpaired) electrons. The number of hydrazine groups is 1. The molecule has 1 spiro atoms. The average Bonchev–Trinajstić information content (AvgIpc) is 1.50. The van der Waals surface area contributed by atoms with Gasteiger partial charge in [-0.2, -0.15) is 0 Å². The Morgan fingerprint density at radius 3 is 2.34 bits per heavy atom. The fourth-order valence-electron chi connectivity index (χ4n) is 17.8. The lowest BCUT2D eigenvalue weighted by molar-refractivity contribution is -0.294. The van der Waals surface area contributed by atoms with Gasteiger partial charge < -0.3 is 101 Å². The predicted octanol–water partition coefficient (Wildman–Crippen LogP) is -1.07. The number of hydrogen-bond donors (Lipinski definition) is 16. The Balaban J connectivity index is 0.776. The molecule has 4 fully saturated rings. The molecule has 2 bridgehead atoms. The van der Waals surface area contributed by atoms with E-state index in [-0.39, 0.29) is 75.0 Å². The first-order valence-electron chi connectivity index (χ1n) is 35.2. The smallest absolute Gasteiger partial charge is 0.426 e. The second-order valence-electron chi connectivity index (χ2n) is 28.3. The monoisotopic (exact) mass is 1510 g/mol. The van der Waals surface area contributed by atoms with E-state index in [9.17, 15) is 74.7 Å². The number of amides is 4. The number of carbonyl (C=O) groups is 8. The third-order valence-electron chi connectivity index (χ3n) is 22.6. The number of carbonyl (C=O) groups excluding carboxylic acids is 5. The van der Waals surface area contributed by atoms with Gasteiger partial charge in [0, 0.05) is 94.9 Å². The first kappa shape index (κ1) is 78.4. The number of fused-ring (bicyclic) bond motifs is 6. The lowest BCUT2D eigenvalue weighted by Crippen LogP contribution is -2.82. The number of benzene rings is 2. The number of carboxylic acids is 3. The van der Waals surface area contributed by atoms with Crippen LogP contribution < -0.4 is 41.8 Å². The number of likely N-dealkylation sites (N-methyl/N-ethyl adjacent to an activating group) is 2. The summed E-state index contributed by atoms with van der Waals surface area (Å²) < 4.78 is 29.7. The van der Waals surface area contributed by atoms with Crippen molar-refractivity contribution < 1.29 is 108 Å². The molecule has 5 aliphatic heterocycles. The molecule has 7 heterocycles. The Bertz CT molecular complexity index is 3940. The van der Waals surface area contributed by atoms with Crippen molar-refractivity contribution >= 4 is 85.9 Å². The molecule has 2 aliphatic carbocycles. The quantitative estimate of drug-likeness (QED) is 0.0106. The summed E-state index contributed by atoms with van der Waals surface area (Å²) in [7, 11) is 8.06. The minimum absolute atomic E-state index is 0.0319. The van der Waals surface area contributed by atoms with Crippen LogP contribution in [0.25, 0.3) is 10.9 Å². The number of carboxylic acid groups (broad SMARTS) is 3. The van der Waals surface area contributed by atoms with E-state index < -0.39 is 148 Å². The van der Waals surface area contributed by atoms with Crippen LogP contribution in [-0.2, 0) is 82.7 Å². The summed E-state index contributed by atoms with van der Waals surface area (Å²) in [5, 5.41) is 119. The van der Waals surface area contributed by atoms with Crippen LogP contribution in [0.3, 0.4) is 0 Å². The van der Waals surface area contributed by atoms with E-state index in [1.54, 1.807) is 11.9 Å². The highest BCUT2D eigenvalue weighted by Gasteiger charge is 2.79. The third kappa shape index (κ3) is 14.5. The number of methoxy groups -OCH3 is 2. The molecular weight excluding hydrogens is 1410 g/mol. The molecule has 4 amide bonds. The van der Waals surface area contributed by atoms with Crippen molar-refractivity contribution in [2.24, 2.45) is 17.3 Å². The first-order chi connectivity index (χ1) is 50.1. The van der Waals surface area contributed by atoms with Gasteiger partial charge in [0.15, 0.2) is 18.0 Å². The number of anilines is 1. The number of aliphatic hydroxyl groups is 6. The molecule has 11 rings (SSSR count). The van der Waals surface area contributed by atoms with Crippen LogP contribution in [0.2, 0.25) is 0 Å². The number of aliphatic carboxylic acids is 3. The molecule has 36 heteroatoms. The Kier molecular flexibility index (Phi) is 23.9. The maximum Gasteiger partial charge on any atom is 0.426 e. The summed E-state index contributed by atoms with van der Waals surface area (Å²) in [4.78, 5) is 116. The largest absolute Gasteiger partial charge is 0.496 e. The molecule has 2 aromatic heterocycles. The standard InChI is InChI=1S/C69H94N12O22S2/c1-7-65(97)30-35-26-36(31-65)68(63(95)100-6,53-39(16-19-71-32-35)38-12-9-10-13-42(38)73-53)41-28-40-46(29-47(41)99-5)79(4)60-67(40)18-21-80-20-11-17-66(8-2,59(67)80)61(93)69(60,98)62(94)76-77-64(96)102-24-25-104-105-34-45(56(89)90)74-54(86)44(72-48(82)15-14-43(70-3)55(87)88)27-37-33-81(78-75-37)22-23-101-58-51(85)49(83)50(84)52(103-58)57(91)92/h9-13,17,28-29,33,35-36,43-45,49-52,58-61,70-71,73,83-85,93,97-98H,7-8,14-16,18-27,30-32,34H2,1-6H3,(H,72,82)(H,74,86)(H,76,94)(H,77,96)(H,87,88)(H,89,90)(H,91,92)/t35-,36?,43-,44-,45+,49-,50?,51?,52?,58+,59-,60+,61+,65-,66+,67+,68-,69-/m0/s1. The molecule has 34 nitrogen and oxygen atoms in total. The van der Waals surface area contributed by atoms with E-state index in [0.29, 0.717) is 86.5 Å². The minimum Gasteiger partial charge on any atom is -0.496 e. The Morgan fingerprint density at radius 2 is 1.64 bits per heavy atom. The molecule has 2 saturated carbocycles. The molecule has 4 aromatic rings. The maximum atomic E-state index is 15.9.